The standard InChI is InChI=1S/C7H4N2O6.H3N/c10-7(11)4-2-1-3-5(8(12)13)6(4)9(14)15;/h1-3H,(H,10,11);1H3. The summed E-state index contributed by atoms with van der Waals surface area (Å²) in [5.41, 5.74) is -2.54. The van der Waals surface area contributed by atoms with Gasteiger partial charge in [-0.3, -0.25) is 20.2 Å². The summed E-state index contributed by atoms with van der Waals surface area (Å²) in [5.74, 6) is -1.58. The predicted molar refractivity (Wildman–Crippen MR) is 51.7 cm³/mol. The molecule has 1 rings (SSSR count). The second-order valence-electron chi connectivity index (χ2n) is 2.49. The van der Waals surface area contributed by atoms with E-state index in [1.807, 2.05) is 0 Å². The molecule has 1 aromatic rings. The van der Waals surface area contributed by atoms with E-state index in [1.54, 1.807) is 0 Å². The first-order chi connectivity index (χ1) is 6.95. The third kappa shape index (κ3) is 2.27. The van der Waals surface area contributed by atoms with Gasteiger partial charge in [-0.1, -0.05) is 6.07 Å². The third-order valence-corrected chi connectivity index (χ3v) is 1.62. The first-order valence-corrected chi connectivity index (χ1v) is 3.60. The fourth-order valence-electron chi connectivity index (χ4n) is 1.04. The molecule has 0 spiro atoms. The molecule has 16 heavy (non-hydrogen) atoms. The van der Waals surface area contributed by atoms with Crippen LogP contribution in [0, 0.1) is 20.2 Å². The monoisotopic (exact) mass is 229 g/mol. The SMILES string of the molecule is N.O=C(O)c1cccc([N+](=O)[O-])c1[N+](=O)[O-]. The molecule has 0 bridgehead atoms. The van der Waals surface area contributed by atoms with Gasteiger partial charge >= 0.3 is 17.3 Å². The lowest BCUT2D eigenvalue weighted by atomic mass is 10.1. The molecule has 9 heteroatoms. The molecule has 9 nitrogen and oxygen atoms in total. The fourth-order valence-corrected chi connectivity index (χ4v) is 1.04. The van der Waals surface area contributed by atoms with Gasteiger partial charge in [0.25, 0.3) is 0 Å². The van der Waals surface area contributed by atoms with Crippen molar-refractivity contribution in [3.63, 3.8) is 0 Å². The summed E-state index contributed by atoms with van der Waals surface area (Å²) in [6.07, 6.45) is 0. The van der Waals surface area contributed by atoms with E-state index in [2.05, 4.69) is 0 Å². The number of hydrogen-bond donors (Lipinski definition) is 2. The van der Waals surface area contributed by atoms with Crippen molar-refractivity contribution in [1.82, 2.24) is 6.15 Å². The van der Waals surface area contributed by atoms with E-state index >= 15 is 0 Å². The van der Waals surface area contributed by atoms with Gasteiger partial charge in [0.1, 0.15) is 5.56 Å². The Morgan fingerprint density at radius 1 is 1.19 bits per heavy atom. The fraction of sp³-hybridized carbons (Fsp3) is 0. The van der Waals surface area contributed by atoms with Gasteiger partial charge in [0.15, 0.2) is 0 Å². The van der Waals surface area contributed by atoms with Crippen LogP contribution < -0.4 is 6.15 Å². The molecule has 0 fully saturated rings. The molecule has 4 N–H and O–H groups in total. The molecular formula is C7H7N3O6. The van der Waals surface area contributed by atoms with E-state index in [9.17, 15) is 25.0 Å². The van der Waals surface area contributed by atoms with Crippen LogP contribution in [0.25, 0.3) is 0 Å². The van der Waals surface area contributed by atoms with Crippen molar-refractivity contribution in [3.05, 3.63) is 44.0 Å². The largest absolute Gasteiger partial charge is 0.477 e. The number of benzene rings is 1. The van der Waals surface area contributed by atoms with Gasteiger partial charge in [-0.15, -0.1) is 0 Å². The van der Waals surface area contributed by atoms with Crippen molar-refractivity contribution in [2.45, 2.75) is 0 Å². The minimum Gasteiger partial charge on any atom is -0.477 e. The van der Waals surface area contributed by atoms with Crippen molar-refractivity contribution in [2.75, 3.05) is 0 Å². The predicted octanol–water partition coefficient (Wildman–Crippen LogP) is 1.36. The maximum Gasteiger partial charge on any atom is 0.360 e. The minimum atomic E-state index is -1.58. The average Bonchev–Trinajstić information content (AvgIpc) is 2.16. The second kappa shape index (κ2) is 4.79. The van der Waals surface area contributed by atoms with Crippen molar-refractivity contribution < 1.29 is 19.7 Å². The Morgan fingerprint density at radius 3 is 2.12 bits per heavy atom. The summed E-state index contributed by atoms with van der Waals surface area (Å²) in [7, 11) is 0. The molecule has 0 aromatic heterocycles. The average molecular weight is 229 g/mol. The van der Waals surface area contributed by atoms with Gasteiger partial charge in [0.05, 0.1) is 9.85 Å². The Kier molecular flexibility index (Phi) is 4.03. The van der Waals surface area contributed by atoms with Crippen LogP contribution in [0.5, 0.6) is 0 Å². The van der Waals surface area contributed by atoms with Crippen LogP contribution in [0.3, 0.4) is 0 Å². The molecule has 0 aliphatic carbocycles. The quantitative estimate of drug-likeness (QED) is 0.584. The van der Waals surface area contributed by atoms with Gasteiger partial charge in [-0.05, 0) is 6.07 Å². The molecular weight excluding hydrogens is 222 g/mol. The Balaban J connectivity index is 0.00000225. The maximum atomic E-state index is 10.6. The number of rotatable bonds is 3. The van der Waals surface area contributed by atoms with Crippen molar-refractivity contribution in [1.29, 1.82) is 0 Å². The number of aromatic carboxylic acids is 1. The molecule has 0 aliphatic heterocycles. The summed E-state index contributed by atoms with van der Waals surface area (Å²) in [4.78, 5) is 29.4. The van der Waals surface area contributed by atoms with E-state index in [0.717, 1.165) is 18.2 Å². The molecule has 0 aliphatic rings. The highest BCUT2D eigenvalue weighted by molar-refractivity contribution is 5.94. The number of hydrogen-bond acceptors (Lipinski definition) is 6. The molecule has 0 amide bonds. The lowest BCUT2D eigenvalue weighted by molar-refractivity contribution is -0.422. The van der Waals surface area contributed by atoms with Crippen molar-refractivity contribution in [2.24, 2.45) is 0 Å². The third-order valence-electron chi connectivity index (χ3n) is 1.62. The van der Waals surface area contributed by atoms with Gasteiger partial charge in [0, 0.05) is 6.07 Å². The number of nitro groups is 2. The minimum absolute atomic E-state index is 0. The highest BCUT2D eigenvalue weighted by Crippen LogP contribution is 2.30. The molecule has 1 aromatic carbocycles. The molecule has 0 unspecified atom stereocenters. The molecule has 0 saturated heterocycles. The van der Waals surface area contributed by atoms with Crippen LogP contribution in [0.2, 0.25) is 0 Å². The number of para-hydroxylation sites is 1. The summed E-state index contributed by atoms with van der Waals surface area (Å²) in [5, 5.41) is 29.5. The van der Waals surface area contributed by atoms with Gasteiger partial charge < -0.3 is 11.3 Å². The van der Waals surface area contributed by atoms with Gasteiger partial charge in [-0.2, -0.15) is 0 Å². The summed E-state index contributed by atoms with van der Waals surface area (Å²) >= 11 is 0. The Morgan fingerprint density at radius 2 is 1.75 bits per heavy atom. The topological polar surface area (TPSA) is 159 Å². The zero-order valence-corrected chi connectivity index (χ0v) is 7.82. The van der Waals surface area contributed by atoms with E-state index in [-0.39, 0.29) is 6.15 Å². The zero-order valence-electron chi connectivity index (χ0n) is 7.82. The molecule has 0 saturated carbocycles. The molecule has 86 valence electrons. The number of carboxylic acids is 1. The lowest BCUT2D eigenvalue weighted by Gasteiger charge is -1.97. The summed E-state index contributed by atoms with van der Waals surface area (Å²) in [6.45, 7) is 0. The number of carboxylic acid groups (broad SMARTS) is 1. The highest BCUT2D eigenvalue weighted by Gasteiger charge is 2.31. The van der Waals surface area contributed by atoms with Crippen LogP contribution in [0.15, 0.2) is 18.2 Å². The number of nitrogens with zero attached hydrogens (tertiary/aromatic N) is 2. The molecule has 0 atom stereocenters. The van der Waals surface area contributed by atoms with E-state index in [1.165, 1.54) is 0 Å². The molecule has 0 heterocycles. The first-order valence-electron chi connectivity index (χ1n) is 3.60. The smallest absolute Gasteiger partial charge is 0.360 e. The normalized spacial score (nSPS) is 9.00. The Hall–Kier alpha value is -2.55. The van der Waals surface area contributed by atoms with Crippen LogP contribution >= 0.6 is 0 Å². The van der Waals surface area contributed by atoms with Crippen LogP contribution in [-0.2, 0) is 0 Å². The van der Waals surface area contributed by atoms with E-state index < -0.39 is 32.8 Å². The summed E-state index contributed by atoms with van der Waals surface area (Å²) < 4.78 is 0. The number of nitro benzene ring substituents is 2. The van der Waals surface area contributed by atoms with Crippen LogP contribution in [-0.4, -0.2) is 20.9 Å². The van der Waals surface area contributed by atoms with Crippen LogP contribution in [0.4, 0.5) is 11.4 Å². The first kappa shape index (κ1) is 13.4. The maximum absolute atomic E-state index is 10.6. The van der Waals surface area contributed by atoms with Crippen molar-refractivity contribution >= 4 is 17.3 Å². The van der Waals surface area contributed by atoms with Crippen molar-refractivity contribution in [3.8, 4) is 0 Å². The van der Waals surface area contributed by atoms with E-state index in [0.29, 0.717) is 0 Å². The summed E-state index contributed by atoms with van der Waals surface area (Å²) in [6, 6.07) is 2.90. The van der Waals surface area contributed by atoms with E-state index in [4.69, 9.17) is 5.11 Å². The number of carbonyl (C=O) groups is 1. The highest BCUT2D eigenvalue weighted by atomic mass is 16.6. The molecule has 0 radical (unpaired) electrons. The lowest BCUT2D eigenvalue weighted by Crippen LogP contribution is -2.05. The van der Waals surface area contributed by atoms with Gasteiger partial charge in [-0.25, -0.2) is 4.79 Å². The second-order valence-corrected chi connectivity index (χ2v) is 2.49. The van der Waals surface area contributed by atoms with Gasteiger partial charge in [0.2, 0.25) is 0 Å². The Bertz CT molecular complexity index is 425. The van der Waals surface area contributed by atoms with Crippen LogP contribution in [0.1, 0.15) is 10.4 Å². The Labute approximate surface area is 88.2 Å². The zero-order chi connectivity index (χ0) is 11.6.